The molecule has 1 aliphatic rings. The lowest BCUT2D eigenvalue weighted by Gasteiger charge is -2.29. The zero-order chi connectivity index (χ0) is 23.1. The van der Waals surface area contributed by atoms with Crippen LogP contribution in [0.25, 0.3) is 21.1 Å². The number of aryl methyl sites for hydroxylation is 1. The molecule has 0 radical (unpaired) electrons. The molecule has 168 valence electrons. The molecule has 1 N–H and O–H groups in total. The molecule has 0 amide bonds. The Labute approximate surface area is 190 Å². The summed E-state index contributed by atoms with van der Waals surface area (Å²) in [7, 11) is -7.12. The molecule has 0 saturated carbocycles. The Hall–Kier alpha value is -2.90. The summed E-state index contributed by atoms with van der Waals surface area (Å²) in [6.07, 6.45) is 5.74. The minimum atomic E-state index is -3.58. The normalized spacial score (nSPS) is 15.6. The zero-order valence-electron chi connectivity index (χ0n) is 17.5. The topological polar surface area (TPSA) is 135 Å². The number of hydrogen-bond acceptors (Lipinski definition) is 9. The van der Waals surface area contributed by atoms with Gasteiger partial charge in [-0.15, -0.1) is 11.3 Å². The molecule has 10 nitrogen and oxygen atoms in total. The maximum atomic E-state index is 12.3. The summed E-state index contributed by atoms with van der Waals surface area (Å²) in [4.78, 5) is 16.4. The van der Waals surface area contributed by atoms with Crippen molar-refractivity contribution in [1.82, 2.24) is 19.8 Å². The van der Waals surface area contributed by atoms with E-state index in [0.717, 1.165) is 33.7 Å². The molecule has 3 aromatic rings. The lowest BCUT2D eigenvalue weighted by Crippen LogP contribution is -2.38. The molecule has 4 heterocycles. The minimum absolute atomic E-state index is 0.141. The van der Waals surface area contributed by atoms with E-state index in [-0.39, 0.29) is 13.0 Å². The van der Waals surface area contributed by atoms with Crippen LogP contribution >= 0.6 is 11.3 Å². The summed E-state index contributed by atoms with van der Waals surface area (Å²) in [6, 6.07) is 7.15. The van der Waals surface area contributed by atoms with E-state index < -0.39 is 20.0 Å². The van der Waals surface area contributed by atoms with Crippen molar-refractivity contribution in [1.29, 1.82) is 0 Å². The Balaban J connectivity index is 1.83. The van der Waals surface area contributed by atoms with Gasteiger partial charge in [0.1, 0.15) is 10.7 Å². The van der Waals surface area contributed by atoms with Crippen LogP contribution in [0.4, 0.5) is 5.69 Å². The van der Waals surface area contributed by atoms with E-state index in [9.17, 15) is 16.8 Å². The van der Waals surface area contributed by atoms with Gasteiger partial charge in [0, 0.05) is 30.9 Å². The molecule has 4 rings (SSSR count). The van der Waals surface area contributed by atoms with E-state index in [2.05, 4.69) is 24.9 Å². The molecular weight excluding hydrogens is 472 g/mol. The lowest BCUT2D eigenvalue weighted by atomic mass is 10.1. The maximum Gasteiger partial charge on any atom is 0.244 e. The molecule has 0 bridgehead atoms. The summed E-state index contributed by atoms with van der Waals surface area (Å²) < 4.78 is 48.8. The lowest BCUT2D eigenvalue weighted by molar-refractivity contribution is 0.589. The van der Waals surface area contributed by atoms with Crippen LogP contribution in [-0.2, 0) is 20.0 Å². The highest BCUT2D eigenvalue weighted by Crippen LogP contribution is 2.36. The van der Waals surface area contributed by atoms with Gasteiger partial charge < -0.3 is 0 Å². The van der Waals surface area contributed by atoms with Crippen molar-refractivity contribution in [2.24, 2.45) is 5.10 Å². The van der Waals surface area contributed by atoms with Crippen molar-refractivity contribution in [3.8, 4) is 21.1 Å². The Kier molecular flexibility index (Phi) is 5.73. The van der Waals surface area contributed by atoms with Gasteiger partial charge in [-0.1, -0.05) is 0 Å². The molecule has 0 atom stereocenters. The van der Waals surface area contributed by atoms with Crippen LogP contribution in [0.5, 0.6) is 0 Å². The van der Waals surface area contributed by atoms with Crippen LogP contribution in [0.15, 0.2) is 41.8 Å². The van der Waals surface area contributed by atoms with Crippen molar-refractivity contribution >= 4 is 42.8 Å². The first-order valence-electron chi connectivity index (χ1n) is 9.43. The molecule has 0 aliphatic carbocycles. The average Bonchev–Trinajstić information content (AvgIpc) is 3.12. The monoisotopic (exact) mass is 492 g/mol. The van der Waals surface area contributed by atoms with Gasteiger partial charge >= 0.3 is 0 Å². The Morgan fingerprint density at radius 1 is 1.12 bits per heavy atom. The molecule has 0 saturated heterocycles. The third kappa shape index (κ3) is 4.64. The van der Waals surface area contributed by atoms with E-state index in [1.807, 2.05) is 19.1 Å². The molecular formula is C19H20N6O4S3. The number of thiazole rings is 1. The molecule has 13 heteroatoms. The van der Waals surface area contributed by atoms with E-state index >= 15 is 0 Å². The second-order valence-electron chi connectivity index (χ2n) is 7.25. The number of pyridine rings is 2. The molecule has 3 aromatic heterocycles. The van der Waals surface area contributed by atoms with Gasteiger partial charge in [0.25, 0.3) is 0 Å². The highest BCUT2D eigenvalue weighted by atomic mass is 32.2. The number of aromatic nitrogens is 3. The van der Waals surface area contributed by atoms with Crippen LogP contribution in [0.2, 0.25) is 0 Å². The number of hydrogen-bond donors (Lipinski definition) is 1. The van der Waals surface area contributed by atoms with E-state index in [1.54, 1.807) is 24.5 Å². The standard InChI is InChI=1S/C19H20N6O4S3/c1-12-18(30-19(21-12)13-5-4-9-20-11-13)15-6-7-16-17(22-15)14(23-24-31(2,26)27)8-10-25(16)32(3,28)29/h4-7,9,11,24H,8,10H2,1-3H3/b23-14+. The largest absolute Gasteiger partial charge is 0.268 e. The van der Waals surface area contributed by atoms with Crippen LogP contribution in [-0.4, -0.2) is 56.6 Å². The maximum absolute atomic E-state index is 12.3. The highest BCUT2D eigenvalue weighted by molar-refractivity contribution is 7.92. The molecule has 1 aliphatic heterocycles. The summed E-state index contributed by atoms with van der Waals surface area (Å²) in [6.45, 7) is 2.01. The third-order valence-corrected chi connectivity index (χ3v) is 7.48. The van der Waals surface area contributed by atoms with E-state index in [0.29, 0.717) is 22.8 Å². The predicted molar refractivity (Wildman–Crippen MR) is 125 cm³/mol. The second-order valence-corrected chi connectivity index (χ2v) is 11.9. The van der Waals surface area contributed by atoms with E-state index in [1.165, 1.54) is 15.6 Å². The number of anilines is 1. The Bertz CT molecular complexity index is 1420. The van der Waals surface area contributed by atoms with Crippen molar-refractivity contribution in [2.45, 2.75) is 13.3 Å². The van der Waals surface area contributed by atoms with Crippen molar-refractivity contribution in [3.63, 3.8) is 0 Å². The van der Waals surface area contributed by atoms with Gasteiger partial charge in [0.05, 0.1) is 40.2 Å². The van der Waals surface area contributed by atoms with Gasteiger partial charge in [-0.05, 0) is 31.2 Å². The molecule has 32 heavy (non-hydrogen) atoms. The number of nitrogens with zero attached hydrogens (tertiary/aromatic N) is 5. The first kappa shape index (κ1) is 22.3. The average molecular weight is 493 g/mol. The summed E-state index contributed by atoms with van der Waals surface area (Å²) in [5.74, 6) is 0. The fraction of sp³-hybridized carbons (Fsp3) is 0.263. The van der Waals surface area contributed by atoms with Crippen LogP contribution in [0.1, 0.15) is 17.8 Å². The quantitative estimate of drug-likeness (QED) is 0.538. The van der Waals surface area contributed by atoms with Crippen LogP contribution < -0.4 is 9.14 Å². The number of nitrogens with one attached hydrogen (secondary N) is 1. The number of fused-ring (bicyclic) bond motifs is 1. The zero-order valence-corrected chi connectivity index (χ0v) is 19.9. The highest BCUT2D eigenvalue weighted by Gasteiger charge is 2.30. The first-order valence-corrected chi connectivity index (χ1v) is 14.0. The Morgan fingerprint density at radius 2 is 1.91 bits per heavy atom. The minimum Gasteiger partial charge on any atom is -0.268 e. The van der Waals surface area contributed by atoms with Gasteiger partial charge in [-0.2, -0.15) is 5.10 Å². The molecule has 0 unspecified atom stereocenters. The third-order valence-electron chi connectivity index (χ3n) is 4.65. The first-order chi connectivity index (χ1) is 15.0. The number of rotatable bonds is 5. The SMILES string of the molecule is Cc1nc(-c2cccnc2)sc1-c1ccc2c(n1)/C(=N/NS(C)(=O)=O)CCN2S(C)(=O)=O. The Morgan fingerprint density at radius 3 is 2.56 bits per heavy atom. The van der Waals surface area contributed by atoms with Gasteiger partial charge in [-0.25, -0.2) is 31.6 Å². The fourth-order valence-electron chi connectivity index (χ4n) is 3.28. The number of hydrazone groups is 1. The van der Waals surface area contributed by atoms with Crippen molar-refractivity contribution in [3.05, 3.63) is 48.0 Å². The fourth-order valence-corrected chi connectivity index (χ4v) is 5.51. The van der Waals surface area contributed by atoms with Crippen molar-refractivity contribution in [2.75, 3.05) is 23.4 Å². The van der Waals surface area contributed by atoms with Gasteiger partial charge in [0.15, 0.2) is 0 Å². The second kappa shape index (κ2) is 8.22. The summed E-state index contributed by atoms with van der Waals surface area (Å²) in [5.41, 5.74) is 3.27. The number of sulfonamides is 2. The molecule has 0 fully saturated rings. The molecule has 0 aromatic carbocycles. The van der Waals surface area contributed by atoms with Crippen LogP contribution in [0, 0.1) is 6.92 Å². The predicted octanol–water partition coefficient (Wildman–Crippen LogP) is 2.00. The van der Waals surface area contributed by atoms with Gasteiger partial charge in [0.2, 0.25) is 20.0 Å². The molecule has 0 spiro atoms. The smallest absolute Gasteiger partial charge is 0.244 e. The summed E-state index contributed by atoms with van der Waals surface area (Å²) in [5, 5.41) is 4.78. The van der Waals surface area contributed by atoms with Crippen molar-refractivity contribution < 1.29 is 16.8 Å². The summed E-state index contributed by atoms with van der Waals surface area (Å²) >= 11 is 1.44. The van der Waals surface area contributed by atoms with Crippen LogP contribution in [0.3, 0.4) is 0 Å². The van der Waals surface area contributed by atoms with E-state index in [4.69, 9.17) is 0 Å². The van der Waals surface area contributed by atoms with Gasteiger partial charge in [-0.3, -0.25) is 9.29 Å².